The molecule has 0 aliphatic carbocycles. The van der Waals surface area contributed by atoms with Gasteiger partial charge in [0.1, 0.15) is 0 Å². The van der Waals surface area contributed by atoms with Crippen molar-refractivity contribution in [1.29, 1.82) is 0 Å². The van der Waals surface area contributed by atoms with E-state index in [2.05, 4.69) is 10.6 Å². The molecule has 2 rings (SSSR count). The number of nitrogens with one attached hydrogen (secondary N) is 2. The van der Waals surface area contributed by atoms with Crippen molar-refractivity contribution in [1.82, 2.24) is 5.32 Å². The Morgan fingerprint density at radius 2 is 1.78 bits per heavy atom. The Bertz CT molecular complexity index is 729. The molecule has 0 aliphatic rings. The Morgan fingerprint density at radius 3 is 2.52 bits per heavy atom. The molecule has 2 amide bonds. The maximum Gasteiger partial charge on any atom is 0.251 e. The van der Waals surface area contributed by atoms with E-state index >= 15 is 0 Å². The van der Waals surface area contributed by atoms with E-state index in [0.29, 0.717) is 16.3 Å². The van der Waals surface area contributed by atoms with Gasteiger partial charge in [0, 0.05) is 29.2 Å². The number of anilines is 1. The average Bonchev–Trinajstić information content (AvgIpc) is 2.52. The van der Waals surface area contributed by atoms with Crippen LogP contribution in [0.1, 0.15) is 27.9 Å². The quantitative estimate of drug-likeness (QED) is 0.878. The fraction of sp³-hybridized carbons (Fsp3) is 0.222. The SMILES string of the molecule is Cc1ccccc1C(=O)NCCC(=O)Nc1cccc(Cl)c1C. The minimum Gasteiger partial charge on any atom is -0.352 e. The summed E-state index contributed by atoms with van der Waals surface area (Å²) in [5, 5.41) is 6.16. The van der Waals surface area contributed by atoms with Crippen LogP contribution in [-0.4, -0.2) is 18.4 Å². The van der Waals surface area contributed by atoms with Crippen LogP contribution in [-0.2, 0) is 4.79 Å². The highest BCUT2D eigenvalue weighted by molar-refractivity contribution is 6.31. The number of benzene rings is 2. The highest BCUT2D eigenvalue weighted by Gasteiger charge is 2.10. The van der Waals surface area contributed by atoms with Gasteiger partial charge < -0.3 is 10.6 Å². The van der Waals surface area contributed by atoms with Gasteiger partial charge in [0.15, 0.2) is 0 Å². The molecule has 2 N–H and O–H groups in total. The molecule has 0 radical (unpaired) electrons. The molecule has 0 unspecified atom stereocenters. The molecule has 0 heterocycles. The Labute approximate surface area is 140 Å². The third-order valence-electron chi connectivity index (χ3n) is 3.57. The third kappa shape index (κ3) is 4.57. The van der Waals surface area contributed by atoms with E-state index < -0.39 is 0 Å². The maximum absolute atomic E-state index is 12.0. The van der Waals surface area contributed by atoms with E-state index in [0.717, 1.165) is 11.1 Å². The van der Waals surface area contributed by atoms with Crippen molar-refractivity contribution in [3.8, 4) is 0 Å². The summed E-state index contributed by atoms with van der Waals surface area (Å²) in [5.74, 6) is -0.338. The normalized spacial score (nSPS) is 10.2. The van der Waals surface area contributed by atoms with Crippen molar-refractivity contribution in [3.05, 3.63) is 64.2 Å². The highest BCUT2D eigenvalue weighted by atomic mass is 35.5. The highest BCUT2D eigenvalue weighted by Crippen LogP contribution is 2.22. The molecule has 0 aliphatic heterocycles. The smallest absolute Gasteiger partial charge is 0.251 e. The molecular formula is C18H19ClN2O2. The van der Waals surface area contributed by atoms with Gasteiger partial charge in [-0.25, -0.2) is 0 Å². The summed E-state index contributed by atoms with van der Waals surface area (Å²) in [6, 6.07) is 12.7. The van der Waals surface area contributed by atoms with Crippen LogP contribution >= 0.6 is 11.6 Å². The molecule has 2 aromatic carbocycles. The predicted molar refractivity (Wildman–Crippen MR) is 92.9 cm³/mol. The van der Waals surface area contributed by atoms with Gasteiger partial charge >= 0.3 is 0 Å². The molecule has 0 fully saturated rings. The van der Waals surface area contributed by atoms with Crippen LogP contribution in [0.4, 0.5) is 5.69 Å². The first kappa shape index (κ1) is 17.0. The molecule has 0 atom stereocenters. The van der Waals surface area contributed by atoms with E-state index in [4.69, 9.17) is 11.6 Å². The minimum absolute atomic E-state index is 0.166. The summed E-state index contributed by atoms with van der Waals surface area (Å²) in [4.78, 5) is 24.0. The minimum atomic E-state index is -0.171. The summed E-state index contributed by atoms with van der Waals surface area (Å²) in [6.45, 7) is 4.00. The lowest BCUT2D eigenvalue weighted by Gasteiger charge is -2.10. The second-order valence-electron chi connectivity index (χ2n) is 5.28. The third-order valence-corrected chi connectivity index (χ3v) is 3.98. The summed E-state index contributed by atoms with van der Waals surface area (Å²) in [7, 11) is 0. The predicted octanol–water partition coefficient (Wildman–Crippen LogP) is 3.72. The zero-order chi connectivity index (χ0) is 16.8. The lowest BCUT2D eigenvalue weighted by molar-refractivity contribution is -0.116. The summed E-state index contributed by atoms with van der Waals surface area (Å²) >= 11 is 6.02. The maximum atomic E-state index is 12.0. The van der Waals surface area contributed by atoms with Gasteiger partial charge in [-0.05, 0) is 43.2 Å². The van der Waals surface area contributed by atoms with E-state index in [9.17, 15) is 9.59 Å². The Kier molecular flexibility index (Phi) is 5.77. The molecular weight excluding hydrogens is 312 g/mol. The summed E-state index contributed by atoms with van der Waals surface area (Å²) in [5.41, 5.74) is 3.04. The molecule has 5 heteroatoms. The zero-order valence-corrected chi connectivity index (χ0v) is 13.9. The Balaban J connectivity index is 1.84. The largest absolute Gasteiger partial charge is 0.352 e. The lowest BCUT2D eigenvalue weighted by atomic mass is 10.1. The van der Waals surface area contributed by atoms with Crippen LogP contribution in [0.2, 0.25) is 5.02 Å². The molecule has 0 bridgehead atoms. The Hall–Kier alpha value is -2.33. The molecule has 2 aromatic rings. The van der Waals surface area contributed by atoms with Gasteiger partial charge in [-0.15, -0.1) is 0 Å². The van der Waals surface area contributed by atoms with Crippen molar-refractivity contribution in [2.45, 2.75) is 20.3 Å². The molecule has 4 nitrogen and oxygen atoms in total. The second-order valence-corrected chi connectivity index (χ2v) is 5.69. The van der Waals surface area contributed by atoms with Crippen molar-refractivity contribution >= 4 is 29.1 Å². The van der Waals surface area contributed by atoms with E-state index in [1.54, 1.807) is 24.3 Å². The van der Waals surface area contributed by atoms with Gasteiger partial charge in [-0.3, -0.25) is 9.59 Å². The van der Waals surface area contributed by atoms with Crippen molar-refractivity contribution in [2.75, 3.05) is 11.9 Å². The standard InChI is InChI=1S/C18H19ClN2O2/c1-12-6-3-4-7-14(12)18(23)20-11-10-17(22)21-16-9-5-8-15(19)13(16)2/h3-9H,10-11H2,1-2H3,(H,20,23)(H,21,22). The monoisotopic (exact) mass is 330 g/mol. The van der Waals surface area contributed by atoms with Crippen molar-refractivity contribution in [2.24, 2.45) is 0 Å². The van der Waals surface area contributed by atoms with Crippen LogP contribution in [0.15, 0.2) is 42.5 Å². The number of amides is 2. The van der Waals surface area contributed by atoms with Crippen LogP contribution in [0.5, 0.6) is 0 Å². The Morgan fingerprint density at radius 1 is 1.04 bits per heavy atom. The average molecular weight is 331 g/mol. The van der Waals surface area contributed by atoms with Crippen molar-refractivity contribution in [3.63, 3.8) is 0 Å². The van der Waals surface area contributed by atoms with E-state index in [1.165, 1.54) is 0 Å². The first-order valence-electron chi connectivity index (χ1n) is 7.38. The zero-order valence-electron chi connectivity index (χ0n) is 13.2. The fourth-order valence-electron chi connectivity index (χ4n) is 2.17. The number of halogens is 1. The van der Waals surface area contributed by atoms with E-state index in [-0.39, 0.29) is 24.8 Å². The first-order chi connectivity index (χ1) is 11.0. The number of hydrogen-bond donors (Lipinski definition) is 2. The van der Waals surface area contributed by atoms with Gasteiger partial charge in [-0.2, -0.15) is 0 Å². The molecule has 0 saturated heterocycles. The number of aryl methyl sites for hydroxylation is 1. The topological polar surface area (TPSA) is 58.2 Å². The molecule has 0 aromatic heterocycles. The van der Waals surface area contributed by atoms with Gasteiger partial charge in [0.2, 0.25) is 5.91 Å². The molecule has 23 heavy (non-hydrogen) atoms. The number of hydrogen-bond acceptors (Lipinski definition) is 2. The summed E-state index contributed by atoms with van der Waals surface area (Å²) < 4.78 is 0. The van der Waals surface area contributed by atoms with E-state index in [1.807, 2.05) is 32.0 Å². The lowest BCUT2D eigenvalue weighted by Crippen LogP contribution is -2.28. The van der Waals surface area contributed by atoms with Crippen LogP contribution in [0, 0.1) is 13.8 Å². The van der Waals surface area contributed by atoms with Crippen molar-refractivity contribution < 1.29 is 9.59 Å². The molecule has 120 valence electrons. The number of carbonyl (C=O) groups is 2. The second kappa shape index (κ2) is 7.79. The number of rotatable bonds is 5. The molecule has 0 saturated carbocycles. The fourth-order valence-corrected chi connectivity index (χ4v) is 2.34. The molecule has 0 spiro atoms. The van der Waals surface area contributed by atoms with Crippen LogP contribution in [0.3, 0.4) is 0 Å². The van der Waals surface area contributed by atoms with Gasteiger partial charge in [-0.1, -0.05) is 35.9 Å². The van der Waals surface area contributed by atoms with Gasteiger partial charge in [0.05, 0.1) is 0 Å². The van der Waals surface area contributed by atoms with Crippen LogP contribution < -0.4 is 10.6 Å². The van der Waals surface area contributed by atoms with Crippen LogP contribution in [0.25, 0.3) is 0 Å². The van der Waals surface area contributed by atoms with Gasteiger partial charge in [0.25, 0.3) is 5.91 Å². The summed E-state index contributed by atoms with van der Waals surface area (Å²) in [6.07, 6.45) is 0.198. The number of carbonyl (C=O) groups excluding carboxylic acids is 2. The first-order valence-corrected chi connectivity index (χ1v) is 7.75.